The minimum absolute atomic E-state index is 0.0895. The number of ether oxygens (including phenoxy) is 1. The number of fused-ring (bicyclic) bond motifs is 15. The Balaban J connectivity index is 0.921. The van der Waals surface area contributed by atoms with Crippen LogP contribution in [0.1, 0.15) is 47.2 Å². The number of furan rings is 1. The summed E-state index contributed by atoms with van der Waals surface area (Å²) in [7, 11) is 0. The fourth-order valence-electron chi connectivity index (χ4n) is 11.7. The lowest BCUT2D eigenvalue weighted by molar-refractivity contribution is 0.484. The topological polar surface area (TPSA) is 25.6 Å². The Bertz CT molecular complexity index is 4080. The number of para-hydroxylation sites is 1. The summed E-state index contributed by atoms with van der Waals surface area (Å²) in [6.45, 7) is 4.68. The highest BCUT2D eigenvalue weighted by atomic mass is 16.5. The Morgan fingerprint density at radius 3 is 1.71 bits per heavy atom. The fraction of sp³-hybridized carbons (Fsp3) is 0.0746. The van der Waals surface area contributed by atoms with E-state index < -0.39 is 0 Å². The Labute approximate surface area is 407 Å². The molecule has 332 valence electrons. The van der Waals surface area contributed by atoms with Crippen LogP contribution in [-0.4, -0.2) is 0 Å². The number of benzene rings is 11. The molecular weight excluding hydrogens is 851 g/mol. The number of anilines is 3. The Kier molecular flexibility index (Phi) is 9.06. The summed E-state index contributed by atoms with van der Waals surface area (Å²) in [6, 6.07) is 82.1. The van der Waals surface area contributed by atoms with Gasteiger partial charge >= 0.3 is 0 Å². The summed E-state index contributed by atoms with van der Waals surface area (Å²) < 4.78 is 13.8. The van der Waals surface area contributed by atoms with Crippen LogP contribution < -0.4 is 9.64 Å². The first-order valence-electron chi connectivity index (χ1n) is 24.4. The molecule has 0 radical (unpaired) electrons. The summed E-state index contributed by atoms with van der Waals surface area (Å²) in [5.41, 5.74) is 19.9. The SMILES string of the molecule is CC1(C)c2ccccc2-c2cc(N(c3ccc(-c4ccc5c(c4)-c4ccccc4Cc4ccc6ccccc6c4Oc4c(ccc6ccccc46)C5)cc3)c3cccc4oc5ccccc5c34)ccc21. The molecule has 2 heterocycles. The second-order valence-electron chi connectivity index (χ2n) is 19.6. The third-order valence-electron chi connectivity index (χ3n) is 15.2. The van der Waals surface area contributed by atoms with E-state index in [4.69, 9.17) is 9.15 Å². The van der Waals surface area contributed by atoms with Gasteiger partial charge in [-0.3, -0.25) is 0 Å². The molecule has 2 aliphatic rings. The van der Waals surface area contributed by atoms with E-state index in [1.165, 1.54) is 66.4 Å². The van der Waals surface area contributed by atoms with Crippen LogP contribution in [0.4, 0.5) is 17.1 Å². The number of nitrogens with zero attached hydrogens (tertiary/aromatic N) is 1. The Hall–Kier alpha value is -8.66. The molecule has 12 aromatic rings. The quantitative estimate of drug-likeness (QED) is 0.176. The zero-order chi connectivity index (χ0) is 46.5. The maximum absolute atomic E-state index is 7.29. The molecule has 11 aromatic carbocycles. The molecule has 1 aliphatic carbocycles. The van der Waals surface area contributed by atoms with E-state index in [0.29, 0.717) is 0 Å². The lowest BCUT2D eigenvalue weighted by atomic mass is 9.82. The summed E-state index contributed by atoms with van der Waals surface area (Å²) in [6.07, 6.45) is 1.45. The van der Waals surface area contributed by atoms with Crippen LogP contribution in [0, 0.1) is 0 Å². The molecule has 70 heavy (non-hydrogen) atoms. The maximum Gasteiger partial charge on any atom is 0.138 e. The van der Waals surface area contributed by atoms with Crippen molar-refractivity contribution in [2.24, 2.45) is 0 Å². The molecule has 0 amide bonds. The molecule has 1 aliphatic heterocycles. The predicted octanol–water partition coefficient (Wildman–Crippen LogP) is 18.3. The van der Waals surface area contributed by atoms with Crippen molar-refractivity contribution in [3.8, 4) is 44.9 Å². The molecule has 0 saturated heterocycles. The van der Waals surface area contributed by atoms with Gasteiger partial charge in [0.25, 0.3) is 0 Å². The van der Waals surface area contributed by atoms with Gasteiger partial charge in [0.15, 0.2) is 0 Å². The zero-order valence-electron chi connectivity index (χ0n) is 39.0. The highest BCUT2D eigenvalue weighted by molar-refractivity contribution is 6.13. The van der Waals surface area contributed by atoms with Gasteiger partial charge in [0.05, 0.1) is 11.1 Å². The minimum atomic E-state index is -0.0895. The second kappa shape index (κ2) is 15.7. The highest BCUT2D eigenvalue weighted by Crippen LogP contribution is 2.52. The van der Waals surface area contributed by atoms with Gasteiger partial charge in [-0.05, 0) is 126 Å². The fourth-order valence-corrected chi connectivity index (χ4v) is 11.7. The van der Waals surface area contributed by atoms with Crippen molar-refractivity contribution in [3.63, 3.8) is 0 Å². The first kappa shape index (κ1) is 40.4. The molecule has 1 aromatic heterocycles. The predicted molar refractivity (Wildman–Crippen MR) is 290 cm³/mol. The van der Waals surface area contributed by atoms with E-state index in [9.17, 15) is 0 Å². The largest absolute Gasteiger partial charge is 0.456 e. The minimum Gasteiger partial charge on any atom is -0.456 e. The second-order valence-corrected chi connectivity index (χ2v) is 19.6. The van der Waals surface area contributed by atoms with Crippen molar-refractivity contribution >= 4 is 60.5 Å². The Morgan fingerprint density at radius 2 is 0.957 bits per heavy atom. The van der Waals surface area contributed by atoms with E-state index in [-0.39, 0.29) is 5.41 Å². The van der Waals surface area contributed by atoms with E-state index in [2.05, 4.69) is 237 Å². The van der Waals surface area contributed by atoms with Crippen molar-refractivity contribution in [1.82, 2.24) is 0 Å². The number of hydrogen-bond donors (Lipinski definition) is 0. The molecule has 3 nitrogen and oxygen atoms in total. The lowest BCUT2D eigenvalue weighted by Crippen LogP contribution is -2.15. The molecule has 0 bridgehead atoms. The zero-order valence-corrected chi connectivity index (χ0v) is 39.0. The van der Waals surface area contributed by atoms with Crippen LogP contribution in [0.15, 0.2) is 229 Å². The van der Waals surface area contributed by atoms with Gasteiger partial charge in [-0.1, -0.05) is 190 Å². The highest BCUT2D eigenvalue weighted by Gasteiger charge is 2.36. The third kappa shape index (κ3) is 6.35. The molecule has 14 rings (SSSR count). The molecule has 0 N–H and O–H groups in total. The molecular formula is C67H47NO2. The summed E-state index contributed by atoms with van der Waals surface area (Å²) in [5, 5.41) is 6.78. The van der Waals surface area contributed by atoms with Gasteiger partial charge in [0.1, 0.15) is 22.7 Å². The van der Waals surface area contributed by atoms with Crippen LogP contribution in [-0.2, 0) is 18.3 Å². The normalized spacial score (nSPS) is 13.4. The van der Waals surface area contributed by atoms with E-state index in [1.807, 2.05) is 6.07 Å². The van der Waals surface area contributed by atoms with Crippen LogP contribution in [0.5, 0.6) is 11.5 Å². The van der Waals surface area contributed by atoms with E-state index >= 15 is 0 Å². The smallest absolute Gasteiger partial charge is 0.138 e. The van der Waals surface area contributed by atoms with Crippen LogP contribution >= 0.6 is 0 Å². The lowest BCUT2D eigenvalue weighted by Gasteiger charge is -2.28. The molecule has 0 unspecified atom stereocenters. The van der Waals surface area contributed by atoms with E-state index in [1.54, 1.807) is 0 Å². The van der Waals surface area contributed by atoms with Crippen molar-refractivity contribution in [2.45, 2.75) is 32.1 Å². The average molecular weight is 898 g/mol. The standard InChI is InChI=1S/C67H47NO2/c1-67(2)59-22-11-9-20-55(59)58-41-51(36-37-60(58)67)68(61-23-13-25-63-64(61)56-21-10-12-24-62(56)69-63)50-34-32-42(33-35-50)45-28-29-47-39-49-31-27-44-15-4-8-19-54(44)66(49)70-65-48(30-26-43-14-3-7-18-53(43)65)38-46-16-5-6-17-52(46)57(47)40-45/h3-37,40-41H,38-39H2,1-2H3. The van der Waals surface area contributed by atoms with E-state index in [0.717, 1.165) is 85.2 Å². The van der Waals surface area contributed by atoms with Gasteiger partial charge in [0, 0.05) is 45.8 Å². The first-order chi connectivity index (χ1) is 34.4. The molecule has 0 spiro atoms. The van der Waals surface area contributed by atoms with Crippen molar-refractivity contribution in [3.05, 3.63) is 258 Å². The summed E-state index contributed by atoms with van der Waals surface area (Å²) >= 11 is 0. The third-order valence-corrected chi connectivity index (χ3v) is 15.2. The average Bonchev–Trinajstić information content (AvgIpc) is 3.89. The van der Waals surface area contributed by atoms with Gasteiger partial charge in [-0.2, -0.15) is 0 Å². The molecule has 0 saturated carbocycles. The maximum atomic E-state index is 7.29. The Morgan fingerprint density at radius 1 is 0.386 bits per heavy atom. The first-order valence-corrected chi connectivity index (χ1v) is 24.4. The van der Waals surface area contributed by atoms with Gasteiger partial charge in [-0.15, -0.1) is 0 Å². The summed E-state index contributed by atoms with van der Waals surface area (Å²) in [5.74, 6) is 1.85. The van der Waals surface area contributed by atoms with Crippen LogP contribution in [0.25, 0.3) is 76.9 Å². The van der Waals surface area contributed by atoms with Crippen molar-refractivity contribution in [2.75, 3.05) is 4.90 Å². The molecule has 0 fully saturated rings. The molecule has 0 atom stereocenters. The number of hydrogen-bond acceptors (Lipinski definition) is 3. The van der Waals surface area contributed by atoms with Gasteiger partial charge < -0.3 is 14.1 Å². The van der Waals surface area contributed by atoms with Crippen molar-refractivity contribution in [1.29, 1.82) is 0 Å². The van der Waals surface area contributed by atoms with Crippen LogP contribution in [0.3, 0.4) is 0 Å². The van der Waals surface area contributed by atoms with Crippen LogP contribution in [0.2, 0.25) is 0 Å². The number of rotatable bonds is 4. The monoisotopic (exact) mass is 897 g/mol. The van der Waals surface area contributed by atoms with Gasteiger partial charge in [-0.25, -0.2) is 0 Å². The summed E-state index contributed by atoms with van der Waals surface area (Å²) in [4.78, 5) is 2.42. The molecule has 3 heteroatoms. The van der Waals surface area contributed by atoms with Crippen molar-refractivity contribution < 1.29 is 9.15 Å². The van der Waals surface area contributed by atoms with Gasteiger partial charge in [0.2, 0.25) is 0 Å².